The lowest BCUT2D eigenvalue weighted by Crippen LogP contribution is -2.20. The second-order valence-electron chi connectivity index (χ2n) is 3.74. The van der Waals surface area contributed by atoms with Crippen LogP contribution in [0.25, 0.3) is 0 Å². The van der Waals surface area contributed by atoms with Gasteiger partial charge in [-0.1, -0.05) is 20.8 Å². The molecule has 74 valence electrons. The lowest BCUT2D eigenvalue weighted by molar-refractivity contribution is 0.0332. The Hall–Kier alpha value is 0.310. The van der Waals surface area contributed by atoms with Crippen molar-refractivity contribution in [2.75, 3.05) is 12.4 Å². The summed E-state index contributed by atoms with van der Waals surface area (Å²) in [7, 11) is 0. The summed E-state index contributed by atoms with van der Waals surface area (Å²) >= 11 is 4.31. The zero-order valence-corrected chi connectivity index (χ0v) is 9.60. The molecule has 0 heterocycles. The predicted octanol–water partition coefficient (Wildman–Crippen LogP) is 3.00. The minimum atomic E-state index is 0.395. The highest BCUT2D eigenvalue weighted by atomic mass is 32.1. The van der Waals surface area contributed by atoms with Crippen molar-refractivity contribution in [1.82, 2.24) is 0 Å². The highest BCUT2D eigenvalue weighted by molar-refractivity contribution is 7.80. The summed E-state index contributed by atoms with van der Waals surface area (Å²) in [5, 5.41) is 0. The van der Waals surface area contributed by atoms with Gasteiger partial charge in [0.05, 0.1) is 12.7 Å². The van der Waals surface area contributed by atoms with Crippen LogP contribution in [0.1, 0.15) is 34.1 Å². The monoisotopic (exact) mass is 190 g/mol. The molecule has 0 bridgehead atoms. The van der Waals surface area contributed by atoms with Crippen molar-refractivity contribution in [2.24, 2.45) is 11.8 Å². The van der Waals surface area contributed by atoms with E-state index in [1.54, 1.807) is 0 Å². The fourth-order valence-electron chi connectivity index (χ4n) is 0.862. The number of hydrogen-bond acceptors (Lipinski definition) is 2. The lowest BCUT2D eigenvalue weighted by atomic mass is 9.99. The molecule has 0 saturated heterocycles. The van der Waals surface area contributed by atoms with Gasteiger partial charge >= 0.3 is 0 Å². The third-order valence-electron chi connectivity index (χ3n) is 2.35. The Morgan fingerprint density at radius 3 is 2.17 bits per heavy atom. The maximum atomic E-state index is 5.66. The van der Waals surface area contributed by atoms with E-state index >= 15 is 0 Å². The summed E-state index contributed by atoms with van der Waals surface area (Å²) in [6.07, 6.45) is 1.49. The van der Waals surface area contributed by atoms with Crippen LogP contribution in [-0.4, -0.2) is 18.5 Å². The van der Waals surface area contributed by atoms with Crippen molar-refractivity contribution in [2.45, 2.75) is 40.2 Å². The van der Waals surface area contributed by atoms with E-state index in [1.165, 1.54) is 0 Å². The zero-order valence-electron chi connectivity index (χ0n) is 8.71. The normalized spacial score (nSPS) is 16.5. The summed E-state index contributed by atoms with van der Waals surface area (Å²) < 4.78 is 5.66. The second-order valence-corrected chi connectivity index (χ2v) is 4.10. The molecule has 0 saturated carbocycles. The molecule has 2 heteroatoms. The molecule has 0 N–H and O–H groups in total. The van der Waals surface area contributed by atoms with Gasteiger partial charge in [0, 0.05) is 0 Å². The zero-order chi connectivity index (χ0) is 9.56. The maximum absolute atomic E-state index is 5.66. The lowest BCUT2D eigenvalue weighted by Gasteiger charge is -2.20. The van der Waals surface area contributed by atoms with Gasteiger partial charge < -0.3 is 4.74 Å². The Balaban J connectivity index is 3.58. The quantitative estimate of drug-likeness (QED) is 0.633. The molecule has 12 heavy (non-hydrogen) atoms. The van der Waals surface area contributed by atoms with Crippen LogP contribution in [-0.2, 0) is 4.74 Å². The molecule has 0 rings (SSSR count). The van der Waals surface area contributed by atoms with E-state index in [-0.39, 0.29) is 0 Å². The van der Waals surface area contributed by atoms with Gasteiger partial charge in [-0.2, -0.15) is 12.6 Å². The molecule has 0 spiro atoms. The Morgan fingerprint density at radius 1 is 1.25 bits per heavy atom. The predicted molar refractivity (Wildman–Crippen MR) is 57.9 cm³/mol. The second kappa shape index (κ2) is 6.79. The largest absolute Gasteiger partial charge is 0.378 e. The molecule has 0 aromatic carbocycles. The molecule has 2 unspecified atom stereocenters. The van der Waals surface area contributed by atoms with Gasteiger partial charge in [-0.05, 0) is 30.9 Å². The third kappa shape index (κ3) is 5.04. The van der Waals surface area contributed by atoms with E-state index in [2.05, 4.69) is 40.3 Å². The Morgan fingerprint density at radius 2 is 1.83 bits per heavy atom. The summed E-state index contributed by atoms with van der Waals surface area (Å²) in [5.41, 5.74) is 0. The molecule has 0 aliphatic rings. The van der Waals surface area contributed by atoms with Crippen molar-refractivity contribution < 1.29 is 4.74 Å². The van der Waals surface area contributed by atoms with Crippen LogP contribution in [0, 0.1) is 11.8 Å². The molecule has 0 fully saturated rings. The van der Waals surface area contributed by atoms with Gasteiger partial charge in [0.1, 0.15) is 0 Å². The Kier molecular flexibility index (Phi) is 6.96. The number of rotatable bonds is 6. The molecular formula is C10H22OS. The van der Waals surface area contributed by atoms with Gasteiger partial charge in [-0.3, -0.25) is 0 Å². The first-order chi connectivity index (χ1) is 5.61. The number of hydrogen-bond donors (Lipinski definition) is 1. The summed E-state index contributed by atoms with van der Waals surface area (Å²) in [6.45, 7) is 9.57. The van der Waals surface area contributed by atoms with Crippen LogP contribution in [0.4, 0.5) is 0 Å². The molecule has 0 aromatic rings. The van der Waals surface area contributed by atoms with Crippen LogP contribution in [0.15, 0.2) is 0 Å². The molecule has 1 nitrogen and oxygen atoms in total. The van der Waals surface area contributed by atoms with Crippen LogP contribution in [0.5, 0.6) is 0 Å². The number of thiol groups is 1. The molecule has 0 amide bonds. The third-order valence-corrected chi connectivity index (χ3v) is 2.82. The van der Waals surface area contributed by atoms with E-state index in [0.29, 0.717) is 17.9 Å². The highest BCUT2D eigenvalue weighted by Gasteiger charge is 2.12. The van der Waals surface area contributed by atoms with Crippen LogP contribution < -0.4 is 0 Å². The standard InChI is InChI=1S/C10H22OS/c1-5-9(4)11-6-10(7-12)8(2)3/h8-10,12H,5-7H2,1-4H3. The maximum Gasteiger partial charge on any atom is 0.0544 e. The summed E-state index contributed by atoms with van der Waals surface area (Å²) in [6, 6.07) is 0. The van der Waals surface area contributed by atoms with Crippen molar-refractivity contribution in [3.63, 3.8) is 0 Å². The Labute approximate surface area is 82.3 Å². The van der Waals surface area contributed by atoms with Gasteiger partial charge in [0.25, 0.3) is 0 Å². The molecular weight excluding hydrogens is 168 g/mol. The molecule has 0 aliphatic heterocycles. The summed E-state index contributed by atoms with van der Waals surface area (Å²) in [4.78, 5) is 0. The molecule has 0 aromatic heterocycles. The van der Waals surface area contributed by atoms with Gasteiger partial charge in [0.2, 0.25) is 0 Å². The van der Waals surface area contributed by atoms with E-state index in [9.17, 15) is 0 Å². The minimum absolute atomic E-state index is 0.395. The van der Waals surface area contributed by atoms with E-state index in [4.69, 9.17) is 4.74 Å². The van der Waals surface area contributed by atoms with E-state index < -0.39 is 0 Å². The van der Waals surface area contributed by atoms with E-state index in [1.807, 2.05) is 0 Å². The van der Waals surface area contributed by atoms with Crippen LogP contribution in [0.2, 0.25) is 0 Å². The minimum Gasteiger partial charge on any atom is -0.378 e. The first kappa shape index (κ1) is 12.3. The first-order valence-corrected chi connectivity index (χ1v) is 5.47. The SMILES string of the molecule is CCC(C)OCC(CS)C(C)C. The highest BCUT2D eigenvalue weighted by Crippen LogP contribution is 2.14. The van der Waals surface area contributed by atoms with Crippen molar-refractivity contribution in [3.05, 3.63) is 0 Å². The van der Waals surface area contributed by atoms with Crippen LogP contribution >= 0.6 is 12.6 Å². The first-order valence-electron chi connectivity index (χ1n) is 4.84. The summed E-state index contributed by atoms with van der Waals surface area (Å²) in [5.74, 6) is 2.20. The van der Waals surface area contributed by atoms with Gasteiger partial charge in [-0.15, -0.1) is 0 Å². The Bertz CT molecular complexity index is 104. The van der Waals surface area contributed by atoms with Crippen molar-refractivity contribution >= 4 is 12.6 Å². The van der Waals surface area contributed by atoms with E-state index in [0.717, 1.165) is 18.8 Å². The molecule has 0 radical (unpaired) electrons. The van der Waals surface area contributed by atoms with Gasteiger partial charge in [-0.25, -0.2) is 0 Å². The van der Waals surface area contributed by atoms with Crippen molar-refractivity contribution in [3.8, 4) is 0 Å². The van der Waals surface area contributed by atoms with Crippen molar-refractivity contribution in [1.29, 1.82) is 0 Å². The smallest absolute Gasteiger partial charge is 0.0544 e. The molecule has 2 atom stereocenters. The molecule has 0 aliphatic carbocycles. The fourth-order valence-corrected chi connectivity index (χ4v) is 1.39. The fraction of sp³-hybridized carbons (Fsp3) is 1.00. The van der Waals surface area contributed by atoms with Gasteiger partial charge in [0.15, 0.2) is 0 Å². The number of ether oxygens (including phenoxy) is 1. The average molecular weight is 190 g/mol. The topological polar surface area (TPSA) is 9.23 Å². The average Bonchev–Trinajstić information content (AvgIpc) is 2.04. The van der Waals surface area contributed by atoms with Crippen LogP contribution in [0.3, 0.4) is 0 Å².